The molecule has 1 aliphatic rings. The predicted octanol–water partition coefficient (Wildman–Crippen LogP) is 8.31. The number of carbonyl (C=O) groups excluding carboxylic acids is 1. The Kier molecular flexibility index (Phi) is 11.1. The Morgan fingerprint density at radius 3 is 2.56 bits per heavy atom. The lowest BCUT2D eigenvalue weighted by molar-refractivity contribution is 0.102. The SMILES string of the molecule is C=C/C=C\C(=C)C(C)=N/C=C\C.O=C(Nc1cccc(-c2ccc3ccccc3n2)c1)c1ccc(N2CCCS2=O)cc1. The molecule has 1 atom stereocenters. The van der Waals surface area contributed by atoms with Crippen molar-refractivity contribution in [3.8, 4) is 11.3 Å². The van der Waals surface area contributed by atoms with Crippen molar-refractivity contribution >= 4 is 44.9 Å². The van der Waals surface area contributed by atoms with Crippen molar-refractivity contribution in [3.63, 3.8) is 0 Å². The minimum Gasteiger partial charge on any atom is -0.322 e. The number of hydrogen-bond acceptors (Lipinski definition) is 4. The number of pyridine rings is 1. The average molecular weight is 589 g/mol. The third-order valence-corrected chi connectivity index (χ3v) is 8.20. The van der Waals surface area contributed by atoms with Crippen LogP contribution in [0.4, 0.5) is 11.4 Å². The molecule has 0 aliphatic carbocycles. The second-order valence-corrected chi connectivity index (χ2v) is 11.3. The number of fused-ring (bicyclic) bond motifs is 1. The van der Waals surface area contributed by atoms with Gasteiger partial charge in [0.1, 0.15) is 11.0 Å². The molecular formula is C36H36N4O2S. The van der Waals surface area contributed by atoms with Crippen molar-refractivity contribution in [2.45, 2.75) is 20.3 Å². The molecule has 1 aromatic heterocycles. The lowest BCUT2D eigenvalue weighted by Crippen LogP contribution is -2.19. The molecule has 218 valence electrons. The number of hydrogen-bond donors (Lipinski definition) is 1. The van der Waals surface area contributed by atoms with Gasteiger partial charge in [-0.2, -0.15) is 0 Å². The molecule has 0 saturated carbocycles. The van der Waals surface area contributed by atoms with E-state index >= 15 is 0 Å². The van der Waals surface area contributed by atoms with Gasteiger partial charge >= 0.3 is 0 Å². The number of benzene rings is 3. The Hall–Kier alpha value is -4.88. The molecule has 6 nitrogen and oxygen atoms in total. The van der Waals surface area contributed by atoms with Gasteiger partial charge in [0, 0.05) is 52.1 Å². The first-order valence-corrected chi connectivity index (χ1v) is 15.3. The fourth-order valence-electron chi connectivity index (χ4n) is 4.33. The summed E-state index contributed by atoms with van der Waals surface area (Å²) in [5.74, 6) is 0.516. The summed E-state index contributed by atoms with van der Waals surface area (Å²) in [6, 6.07) is 27.0. The van der Waals surface area contributed by atoms with Crippen LogP contribution in [0.15, 0.2) is 139 Å². The van der Waals surface area contributed by atoms with Crippen molar-refractivity contribution < 1.29 is 9.00 Å². The normalized spacial score (nSPS) is 15.0. The topological polar surface area (TPSA) is 74.7 Å². The van der Waals surface area contributed by atoms with E-state index in [1.807, 2.05) is 103 Å². The van der Waals surface area contributed by atoms with Gasteiger partial charge in [-0.3, -0.25) is 14.1 Å². The number of aromatic nitrogens is 1. The van der Waals surface area contributed by atoms with Gasteiger partial charge in [0.2, 0.25) is 0 Å². The molecular weight excluding hydrogens is 552 g/mol. The van der Waals surface area contributed by atoms with E-state index in [2.05, 4.69) is 29.5 Å². The van der Waals surface area contributed by atoms with Crippen molar-refractivity contribution in [3.05, 3.63) is 140 Å². The lowest BCUT2D eigenvalue weighted by Gasteiger charge is -2.16. The highest BCUT2D eigenvalue weighted by atomic mass is 32.2. The lowest BCUT2D eigenvalue weighted by atomic mass is 10.1. The highest BCUT2D eigenvalue weighted by Crippen LogP contribution is 2.25. The molecule has 1 fully saturated rings. The van der Waals surface area contributed by atoms with Crippen LogP contribution in [0.3, 0.4) is 0 Å². The van der Waals surface area contributed by atoms with Gasteiger partial charge in [-0.05, 0) is 74.4 Å². The Morgan fingerprint density at radius 2 is 1.84 bits per heavy atom. The minimum atomic E-state index is -0.964. The molecule has 1 aliphatic heterocycles. The number of amides is 1. The summed E-state index contributed by atoms with van der Waals surface area (Å²) < 4.78 is 13.9. The third-order valence-electron chi connectivity index (χ3n) is 6.67. The van der Waals surface area contributed by atoms with Crippen LogP contribution in [0.1, 0.15) is 30.6 Å². The maximum atomic E-state index is 12.7. The zero-order valence-corrected chi connectivity index (χ0v) is 25.4. The maximum Gasteiger partial charge on any atom is 0.255 e. The van der Waals surface area contributed by atoms with Crippen molar-refractivity contribution in [1.29, 1.82) is 0 Å². The van der Waals surface area contributed by atoms with Crippen LogP contribution in [0, 0.1) is 0 Å². The van der Waals surface area contributed by atoms with Gasteiger partial charge in [0.05, 0.1) is 11.2 Å². The number of anilines is 2. The van der Waals surface area contributed by atoms with E-state index in [1.54, 1.807) is 24.4 Å². The first-order valence-electron chi connectivity index (χ1n) is 14.1. The van der Waals surface area contributed by atoms with E-state index in [0.29, 0.717) is 17.0 Å². The summed E-state index contributed by atoms with van der Waals surface area (Å²) in [4.78, 5) is 21.6. The van der Waals surface area contributed by atoms with Crippen molar-refractivity contribution in [2.75, 3.05) is 21.9 Å². The monoisotopic (exact) mass is 588 g/mol. The van der Waals surface area contributed by atoms with E-state index in [9.17, 15) is 9.00 Å². The van der Waals surface area contributed by atoms with Gasteiger partial charge in [0.15, 0.2) is 0 Å². The van der Waals surface area contributed by atoms with E-state index in [0.717, 1.165) is 52.1 Å². The molecule has 1 unspecified atom stereocenters. The van der Waals surface area contributed by atoms with E-state index in [1.165, 1.54) is 0 Å². The molecule has 43 heavy (non-hydrogen) atoms. The zero-order chi connectivity index (χ0) is 30.6. The molecule has 2 heterocycles. The number of nitrogens with one attached hydrogen (secondary N) is 1. The Morgan fingerprint density at radius 1 is 1.05 bits per heavy atom. The number of allylic oxidation sites excluding steroid dienone is 5. The number of para-hydroxylation sites is 1. The Bertz CT molecular complexity index is 1720. The predicted molar refractivity (Wildman–Crippen MR) is 183 cm³/mol. The Balaban J connectivity index is 0.000000301. The molecule has 3 aromatic carbocycles. The molecule has 0 bridgehead atoms. The Labute approximate surface area is 256 Å². The number of aliphatic imine (C=N–C) groups is 1. The zero-order valence-electron chi connectivity index (χ0n) is 24.6. The first-order chi connectivity index (χ1) is 20.9. The van der Waals surface area contributed by atoms with Crippen LogP contribution in [0.25, 0.3) is 22.2 Å². The van der Waals surface area contributed by atoms with Gasteiger partial charge < -0.3 is 5.32 Å². The molecule has 1 N–H and O–H groups in total. The maximum absolute atomic E-state index is 12.7. The summed E-state index contributed by atoms with van der Waals surface area (Å²) in [6.45, 7) is 12.1. The minimum absolute atomic E-state index is 0.183. The summed E-state index contributed by atoms with van der Waals surface area (Å²) in [6.07, 6.45) is 10.0. The fourth-order valence-corrected chi connectivity index (χ4v) is 5.62. The highest BCUT2D eigenvalue weighted by Gasteiger charge is 2.20. The summed E-state index contributed by atoms with van der Waals surface area (Å²) >= 11 is 0. The standard InChI is InChI=1S/C25H21N3O2S.C11H15N/c29-25(19-9-12-22(13-10-19)28-15-4-16-31(28)30)26-21-7-3-6-20(17-21)24-14-11-18-5-1-2-8-23(18)27-24;1-5-7-8-10(3)11(4)12-9-6-2/h1-3,5-14,17H,4,15-16H2,(H,26,29);5-9H,1,3H2,2,4H3/b;8-7-,9-6-,12-11?. The largest absolute Gasteiger partial charge is 0.322 e. The van der Waals surface area contributed by atoms with Crippen molar-refractivity contribution in [1.82, 2.24) is 4.98 Å². The van der Waals surface area contributed by atoms with E-state index < -0.39 is 11.0 Å². The highest BCUT2D eigenvalue weighted by molar-refractivity contribution is 7.86. The number of nitrogens with zero attached hydrogens (tertiary/aromatic N) is 3. The molecule has 4 aromatic rings. The molecule has 0 spiro atoms. The average Bonchev–Trinajstić information content (AvgIpc) is 3.48. The van der Waals surface area contributed by atoms with E-state index in [-0.39, 0.29) is 5.91 Å². The van der Waals surface area contributed by atoms with Crippen LogP contribution in [-0.2, 0) is 11.0 Å². The summed E-state index contributed by atoms with van der Waals surface area (Å²) in [7, 11) is -0.964. The van der Waals surface area contributed by atoms with Gasteiger partial charge in [0.25, 0.3) is 5.91 Å². The second-order valence-electron chi connectivity index (χ2n) is 9.77. The van der Waals surface area contributed by atoms with Crippen LogP contribution >= 0.6 is 0 Å². The molecule has 5 rings (SSSR count). The molecule has 7 heteroatoms. The fraction of sp³-hybridized carbons (Fsp3) is 0.139. The smallest absolute Gasteiger partial charge is 0.255 e. The second kappa shape index (κ2) is 15.4. The molecule has 1 amide bonds. The van der Waals surface area contributed by atoms with E-state index in [4.69, 9.17) is 4.98 Å². The van der Waals surface area contributed by atoms with Gasteiger partial charge in [-0.1, -0.05) is 73.9 Å². The molecule has 0 radical (unpaired) electrons. The van der Waals surface area contributed by atoms with Crippen LogP contribution in [0.5, 0.6) is 0 Å². The quantitative estimate of drug-likeness (QED) is 0.166. The third kappa shape index (κ3) is 8.56. The van der Waals surface area contributed by atoms with Crippen LogP contribution in [0.2, 0.25) is 0 Å². The van der Waals surface area contributed by atoms with Crippen LogP contribution in [-0.4, -0.2) is 33.1 Å². The number of carbonyl (C=O) groups is 1. The number of rotatable bonds is 8. The molecule has 1 saturated heterocycles. The summed E-state index contributed by atoms with van der Waals surface area (Å²) in [5, 5.41) is 4.06. The van der Waals surface area contributed by atoms with Crippen LogP contribution < -0.4 is 9.62 Å². The van der Waals surface area contributed by atoms with Crippen molar-refractivity contribution in [2.24, 2.45) is 4.99 Å². The summed E-state index contributed by atoms with van der Waals surface area (Å²) in [5.41, 5.74) is 6.72. The first kappa shape index (κ1) is 31.1. The van der Waals surface area contributed by atoms with Gasteiger partial charge in [-0.25, -0.2) is 9.19 Å². The van der Waals surface area contributed by atoms with Gasteiger partial charge in [-0.15, -0.1) is 0 Å².